The molecule has 88 valence electrons. The van der Waals surface area contributed by atoms with Crippen molar-refractivity contribution in [1.29, 1.82) is 0 Å². The zero-order valence-corrected chi connectivity index (χ0v) is 12.3. The summed E-state index contributed by atoms with van der Waals surface area (Å²) >= 11 is 10.6. The molecule has 1 unspecified atom stereocenters. The first-order valence-corrected chi connectivity index (χ1v) is 7.23. The lowest BCUT2D eigenvalue weighted by Crippen LogP contribution is -1.98. The fourth-order valence-corrected chi connectivity index (χ4v) is 2.79. The Balaban J connectivity index is 2.26. The van der Waals surface area contributed by atoms with Crippen LogP contribution in [0.4, 0.5) is 0 Å². The summed E-state index contributed by atoms with van der Waals surface area (Å²) in [6.07, 6.45) is 0. The van der Waals surface area contributed by atoms with E-state index in [0.717, 1.165) is 5.56 Å². The summed E-state index contributed by atoms with van der Waals surface area (Å²) in [5.41, 5.74) is 1.85. The minimum atomic E-state index is 0.0238. The largest absolute Gasteiger partial charge is 0.288 e. The van der Waals surface area contributed by atoms with Crippen molar-refractivity contribution in [2.75, 3.05) is 0 Å². The molecule has 2 rings (SSSR count). The van der Waals surface area contributed by atoms with Gasteiger partial charge >= 0.3 is 0 Å². The van der Waals surface area contributed by atoms with Crippen LogP contribution in [0.5, 0.6) is 0 Å². The van der Waals surface area contributed by atoms with Gasteiger partial charge in [-0.25, -0.2) is 0 Å². The third kappa shape index (κ3) is 2.97. The number of rotatable bonds is 3. The van der Waals surface area contributed by atoms with Crippen LogP contribution in [0.1, 0.15) is 32.5 Å². The van der Waals surface area contributed by atoms with Crippen molar-refractivity contribution in [2.45, 2.75) is 11.8 Å². The molecule has 0 bridgehead atoms. The molecule has 0 spiro atoms. The van der Waals surface area contributed by atoms with E-state index in [-0.39, 0.29) is 5.78 Å². The van der Waals surface area contributed by atoms with Gasteiger partial charge < -0.3 is 0 Å². The SMILES string of the molecule is CC(Br)c1ccc(C(=O)c2ccc(Cl)s2)cc1. The van der Waals surface area contributed by atoms with Crippen molar-refractivity contribution in [3.05, 3.63) is 56.7 Å². The van der Waals surface area contributed by atoms with Crippen molar-refractivity contribution in [3.8, 4) is 0 Å². The highest BCUT2D eigenvalue weighted by molar-refractivity contribution is 9.09. The molecule has 1 atom stereocenters. The molecule has 0 aliphatic carbocycles. The van der Waals surface area contributed by atoms with Crippen LogP contribution >= 0.6 is 38.9 Å². The van der Waals surface area contributed by atoms with E-state index in [2.05, 4.69) is 22.9 Å². The van der Waals surface area contributed by atoms with Crippen LogP contribution in [-0.2, 0) is 0 Å². The summed E-state index contributed by atoms with van der Waals surface area (Å²) in [6.45, 7) is 2.05. The van der Waals surface area contributed by atoms with E-state index in [9.17, 15) is 4.79 Å². The Labute approximate surface area is 118 Å². The zero-order chi connectivity index (χ0) is 12.4. The minimum absolute atomic E-state index is 0.0238. The highest BCUT2D eigenvalue weighted by atomic mass is 79.9. The van der Waals surface area contributed by atoms with Gasteiger partial charge in [0, 0.05) is 10.4 Å². The van der Waals surface area contributed by atoms with Crippen LogP contribution in [0.15, 0.2) is 36.4 Å². The van der Waals surface area contributed by atoms with Gasteiger partial charge in [-0.1, -0.05) is 51.8 Å². The number of ketones is 1. The van der Waals surface area contributed by atoms with Crippen molar-refractivity contribution < 1.29 is 4.79 Å². The molecule has 0 amide bonds. The third-order valence-corrected chi connectivity index (χ3v) is 4.19. The molecule has 1 nitrogen and oxygen atoms in total. The van der Waals surface area contributed by atoms with Gasteiger partial charge in [0.05, 0.1) is 9.21 Å². The molecule has 0 radical (unpaired) electrons. The van der Waals surface area contributed by atoms with E-state index in [1.54, 1.807) is 12.1 Å². The average Bonchev–Trinajstić information content (AvgIpc) is 2.75. The zero-order valence-electron chi connectivity index (χ0n) is 9.11. The lowest BCUT2D eigenvalue weighted by Gasteiger charge is -2.04. The van der Waals surface area contributed by atoms with Gasteiger partial charge in [-0.2, -0.15) is 0 Å². The van der Waals surface area contributed by atoms with Crippen LogP contribution in [0, 0.1) is 0 Å². The topological polar surface area (TPSA) is 17.1 Å². The number of alkyl halides is 1. The third-order valence-electron chi connectivity index (χ3n) is 2.43. The maximum atomic E-state index is 12.1. The number of thiophene rings is 1. The van der Waals surface area contributed by atoms with Crippen molar-refractivity contribution in [1.82, 2.24) is 0 Å². The lowest BCUT2D eigenvalue weighted by molar-refractivity contribution is 0.104. The summed E-state index contributed by atoms with van der Waals surface area (Å²) in [7, 11) is 0. The minimum Gasteiger partial charge on any atom is -0.288 e. The smallest absolute Gasteiger partial charge is 0.202 e. The Bertz CT molecular complexity index is 531. The molecule has 0 N–H and O–H groups in total. The fourth-order valence-electron chi connectivity index (χ4n) is 1.48. The second-order valence-corrected chi connectivity index (χ2v) is 6.76. The molecule has 1 aromatic heterocycles. The highest BCUT2D eigenvalue weighted by Gasteiger charge is 2.11. The van der Waals surface area contributed by atoms with Gasteiger partial charge in [0.2, 0.25) is 5.78 Å². The van der Waals surface area contributed by atoms with Gasteiger partial charge in [-0.15, -0.1) is 11.3 Å². The van der Waals surface area contributed by atoms with Crippen LogP contribution < -0.4 is 0 Å². The predicted molar refractivity (Wildman–Crippen MR) is 76.5 cm³/mol. The summed E-state index contributed by atoms with van der Waals surface area (Å²) < 4.78 is 0.638. The first kappa shape index (κ1) is 12.8. The van der Waals surface area contributed by atoms with Crippen molar-refractivity contribution >= 4 is 44.7 Å². The maximum Gasteiger partial charge on any atom is 0.202 e. The normalized spacial score (nSPS) is 12.4. The molecule has 0 saturated carbocycles. The quantitative estimate of drug-likeness (QED) is 0.566. The first-order valence-electron chi connectivity index (χ1n) is 5.12. The van der Waals surface area contributed by atoms with Crippen molar-refractivity contribution in [3.63, 3.8) is 0 Å². The molecule has 1 heterocycles. The molecule has 2 aromatic rings. The van der Waals surface area contributed by atoms with Gasteiger partial charge in [0.1, 0.15) is 0 Å². The number of halogens is 2. The summed E-state index contributed by atoms with van der Waals surface area (Å²) in [5, 5.41) is 0. The lowest BCUT2D eigenvalue weighted by atomic mass is 10.1. The fraction of sp³-hybridized carbons (Fsp3) is 0.154. The van der Waals surface area contributed by atoms with Gasteiger partial charge in [0.25, 0.3) is 0 Å². The Hall–Kier alpha value is -0.640. The van der Waals surface area contributed by atoms with Crippen LogP contribution in [0.3, 0.4) is 0 Å². The van der Waals surface area contributed by atoms with Crippen LogP contribution in [0.2, 0.25) is 4.34 Å². The number of benzene rings is 1. The van der Waals surface area contributed by atoms with E-state index >= 15 is 0 Å². The Kier molecular flexibility index (Phi) is 4.02. The van der Waals surface area contributed by atoms with E-state index in [1.807, 2.05) is 24.3 Å². The average molecular weight is 330 g/mol. The molecule has 0 aliphatic rings. The van der Waals surface area contributed by atoms with Crippen LogP contribution in [0.25, 0.3) is 0 Å². The van der Waals surface area contributed by atoms with Gasteiger partial charge in [-0.3, -0.25) is 4.79 Å². The Morgan fingerprint density at radius 3 is 2.35 bits per heavy atom. The second kappa shape index (κ2) is 5.34. The Morgan fingerprint density at radius 2 is 1.88 bits per heavy atom. The first-order chi connectivity index (χ1) is 8.08. The molecular formula is C13H10BrClOS. The van der Waals surface area contributed by atoms with E-state index < -0.39 is 0 Å². The van der Waals surface area contributed by atoms with Gasteiger partial charge in [0.15, 0.2) is 0 Å². The summed E-state index contributed by atoms with van der Waals surface area (Å²) in [4.78, 5) is 13.1. The van der Waals surface area contributed by atoms with E-state index in [1.165, 1.54) is 11.3 Å². The molecule has 0 saturated heterocycles. The van der Waals surface area contributed by atoms with E-state index in [4.69, 9.17) is 11.6 Å². The predicted octanol–water partition coefficient (Wildman–Crippen LogP) is 5.09. The van der Waals surface area contributed by atoms with E-state index in [0.29, 0.717) is 19.6 Å². The summed E-state index contributed by atoms with van der Waals surface area (Å²) in [5.74, 6) is 0.0238. The number of hydrogen-bond acceptors (Lipinski definition) is 2. The number of carbonyl (C=O) groups excluding carboxylic acids is 1. The highest BCUT2D eigenvalue weighted by Crippen LogP contribution is 2.25. The second-order valence-electron chi connectivity index (χ2n) is 3.67. The van der Waals surface area contributed by atoms with Gasteiger partial charge in [-0.05, 0) is 24.6 Å². The molecular weight excluding hydrogens is 320 g/mol. The monoisotopic (exact) mass is 328 g/mol. The number of carbonyl (C=O) groups is 1. The summed E-state index contributed by atoms with van der Waals surface area (Å²) in [6, 6.07) is 11.1. The maximum absolute atomic E-state index is 12.1. The molecule has 17 heavy (non-hydrogen) atoms. The number of hydrogen-bond donors (Lipinski definition) is 0. The molecule has 0 fully saturated rings. The van der Waals surface area contributed by atoms with Crippen molar-refractivity contribution in [2.24, 2.45) is 0 Å². The van der Waals surface area contributed by atoms with Crippen LogP contribution in [-0.4, -0.2) is 5.78 Å². The standard InChI is InChI=1S/C13H10BrClOS/c1-8(14)9-2-4-10(5-3-9)13(16)11-6-7-12(15)17-11/h2-8H,1H3. The molecule has 4 heteroatoms. The Morgan fingerprint density at radius 1 is 1.24 bits per heavy atom. The molecule has 1 aromatic carbocycles. The molecule has 0 aliphatic heterocycles.